The van der Waals surface area contributed by atoms with Crippen LogP contribution in [0, 0.1) is 0 Å². The van der Waals surface area contributed by atoms with Crippen molar-refractivity contribution in [1.29, 1.82) is 0 Å². The molecule has 0 aliphatic heterocycles. The largest absolute Gasteiger partial charge is 0.497 e. The summed E-state index contributed by atoms with van der Waals surface area (Å²) < 4.78 is 10.2. The minimum atomic E-state index is -0.389. The van der Waals surface area contributed by atoms with E-state index in [1.807, 2.05) is 32.3 Å². The van der Waals surface area contributed by atoms with E-state index in [0.29, 0.717) is 52.0 Å². The van der Waals surface area contributed by atoms with Crippen LogP contribution in [-0.2, 0) is 21.1 Å². The number of hydrogen-bond donors (Lipinski definition) is 4. The zero-order valence-corrected chi connectivity index (χ0v) is 25.8. The Labute approximate surface area is 256 Å². The molecule has 0 saturated carbocycles. The minimum Gasteiger partial charge on any atom is -0.497 e. The molecule has 0 unspecified atom stereocenters. The second-order valence-corrected chi connectivity index (χ2v) is 10.7. The van der Waals surface area contributed by atoms with Crippen LogP contribution < -0.4 is 26.4 Å². The first-order chi connectivity index (χ1) is 20.9. The monoisotopic (exact) mass is 601 g/mol. The molecule has 13 nitrogen and oxygen atoms in total. The van der Waals surface area contributed by atoms with Crippen molar-refractivity contribution in [3.63, 3.8) is 0 Å². The summed E-state index contributed by atoms with van der Waals surface area (Å²) in [7, 11) is 10.7. The molecule has 13 heteroatoms. The van der Waals surface area contributed by atoms with Crippen LogP contribution in [0.4, 0.5) is 17.1 Å². The van der Waals surface area contributed by atoms with Gasteiger partial charge in [-0.2, -0.15) is 0 Å². The zero-order chi connectivity index (χ0) is 32.0. The van der Waals surface area contributed by atoms with Crippen LogP contribution in [0.25, 0.3) is 0 Å². The van der Waals surface area contributed by atoms with Gasteiger partial charge in [0.1, 0.15) is 28.7 Å². The van der Waals surface area contributed by atoms with Gasteiger partial charge in [0.15, 0.2) is 0 Å². The fraction of sp³-hybridized carbons (Fsp3) is 0.290. The number of anilines is 2. The molecule has 0 saturated heterocycles. The molecule has 3 aromatic heterocycles. The number of ether oxygens (including phenoxy) is 1. The second kappa shape index (κ2) is 13.8. The number of nitrogens with zero attached hydrogens (tertiary/aromatic N) is 5. The number of nitrogens with two attached hydrogens (primary N) is 1. The molecule has 0 aliphatic rings. The number of methoxy groups -OCH3 is 1. The van der Waals surface area contributed by atoms with Crippen LogP contribution in [-0.4, -0.2) is 76.5 Å². The molecule has 0 bridgehead atoms. The lowest BCUT2D eigenvalue weighted by Gasteiger charge is -2.10. The average Bonchev–Trinajstić information content (AvgIpc) is 3.66. The van der Waals surface area contributed by atoms with Gasteiger partial charge in [0.2, 0.25) is 0 Å². The van der Waals surface area contributed by atoms with Crippen molar-refractivity contribution >= 4 is 40.6 Å². The van der Waals surface area contributed by atoms with Crippen molar-refractivity contribution in [2.24, 2.45) is 31.9 Å². The number of nitrogens with one attached hydrogen (secondary N) is 3. The van der Waals surface area contributed by atoms with Crippen LogP contribution in [0.15, 0.2) is 66.0 Å². The van der Waals surface area contributed by atoms with Crippen molar-refractivity contribution in [3.05, 3.63) is 83.7 Å². The number of carbonyl (C=O) groups excluding carboxylic acids is 3. The summed E-state index contributed by atoms with van der Waals surface area (Å²) in [4.78, 5) is 45.3. The van der Waals surface area contributed by atoms with E-state index >= 15 is 0 Å². The van der Waals surface area contributed by atoms with E-state index in [-0.39, 0.29) is 23.6 Å². The molecule has 3 amide bonds. The topological polar surface area (TPSA) is 153 Å². The molecule has 0 spiro atoms. The normalized spacial score (nSPS) is 11.5. The first-order valence-corrected chi connectivity index (χ1v) is 14.0. The lowest BCUT2D eigenvalue weighted by atomic mass is 10.2. The average molecular weight is 602 g/mol. The molecular formula is C31H39N9O4. The SMILES string of the molecule is COc1cccc(C(N)=Nc2cc(C(=O)Nc3cc(C(=O)Nc4cc(C(=O)NCCCN(C)C)n(C)c4)n(C)c3)n(C)c2)c1. The molecule has 0 aliphatic carbocycles. The zero-order valence-electron chi connectivity index (χ0n) is 25.8. The number of amides is 3. The summed E-state index contributed by atoms with van der Waals surface area (Å²) in [5.74, 6) is -0.0393. The molecule has 232 valence electrons. The van der Waals surface area contributed by atoms with E-state index in [9.17, 15) is 14.4 Å². The Kier molecular flexibility index (Phi) is 9.91. The van der Waals surface area contributed by atoms with Crippen molar-refractivity contribution in [2.75, 3.05) is 44.9 Å². The molecular weight excluding hydrogens is 562 g/mol. The summed E-state index contributed by atoms with van der Waals surface area (Å²) in [5, 5.41) is 8.56. The van der Waals surface area contributed by atoms with Crippen LogP contribution in [0.3, 0.4) is 0 Å². The number of aromatic nitrogens is 3. The van der Waals surface area contributed by atoms with E-state index in [1.54, 1.807) is 84.8 Å². The van der Waals surface area contributed by atoms with E-state index in [0.717, 1.165) is 13.0 Å². The number of hydrogen-bond acceptors (Lipinski definition) is 6. The van der Waals surface area contributed by atoms with E-state index in [1.165, 1.54) is 0 Å². The predicted octanol–water partition coefficient (Wildman–Crippen LogP) is 2.93. The standard InChI is InChI=1S/C31H39N9O4/c1-37(2)12-8-11-33-29(41)25-15-22(18-38(25)3)35-31(43)27-16-23(19-40(27)5)36-30(42)26-14-21(17-39(26)4)34-28(32)20-9-7-10-24(13-20)44-6/h7,9-10,13-19H,8,11-12H2,1-6H3,(H2,32,34)(H,33,41)(H,35,43)(H,36,42). The second-order valence-electron chi connectivity index (χ2n) is 10.7. The Morgan fingerprint density at radius 2 is 1.41 bits per heavy atom. The van der Waals surface area contributed by atoms with E-state index in [4.69, 9.17) is 10.5 Å². The highest BCUT2D eigenvalue weighted by Crippen LogP contribution is 2.22. The third-order valence-electron chi connectivity index (χ3n) is 6.90. The maximum absolute atomic E-state index is 13.1. The Balaban J connectivity index is 1.40. The Hall–Kier alpha value is -5.30. The highest BCUT2D eigenvalue weighted by molar-refractivity contribution is 6.07. The third-order valence-corrected chi connectivity index (χ3v) is 6.90. The van der Waals surface area contributed by atoms with Gasteiger partial charge in [-0.15, -0.1) is 0 Å². The van der Waals surface area contributed by atoms with Crippen LogP contribution in [0.5, 0.6) is 5.75 Å². The maximum Gasteiger partial charge on any atom is 0.272 e. The number of aryl methyl sites for hydroxylation is 3. The summed E-state index contributed by atoms with van der Waals surface area (Å²) in [6.07, 6.45) is 5.85. The summed E-state index contributed by atoms with van der Waals surface area (Å²) in [5.41, 5.74) is 9.42. The molecule has 0 radical (unpaired) electrons. The Bertz CT molecular complexity index is 1690. The first-order valence-electron chi connectivity index (χ1n) is 14.0. The smallest absolute Gasteiger partial charge is 0.272 e. The van der Waals surface area contributed by atoms with Gasteiger partial charge in [0.05, 0.1) is 24.2 Å². The van der Waals surface area contributed by atoms with Crippen molar-refractivity contribution in [3.8, 4) is 5.75 Å². The van der Waals surface area contributed by atoms with Gasteiger partial charge < -0.3 is 45.0 Å². The molecule has 3 heterocycles. The first kappa shape index (κ1) is 31.6. The fourth-order valence-electron chi connectivity index (χ4n) is 4.62. The third kappa shape index (κ3) is 7.75. The lowest BCUT2D eigenvalue weighted by molar-refractivity contribution is 0.0942. The van der Waals surface area contributed by atoms with Crippen LogP contribution >= 0.6 is 0 Å². The van der Waals surface area contributed by atoms with Crippen molar-refractivity contribution in [1.82, 2.24) is 23.9 Å². The van der Waals surface area contributed by atoms with Gasteiger partial charge in [-0.25, -0.2) is 4.99 Å². The van der Waals surface area contributed by atoms with Crippen LogP contribution in [0.2, 0.25) is 0 Å². The summed E-state index contributed by atoms with van der Waals surface area (Å²) >= 11 is 0. The quantitative estimate of drug-likeness (QED) is 0.111. The van der Waals surface area contributed by atoms with Gasteiger partial charge in [-0.05, 0) is 57.4 Å². The Morgan fingerprint density at radius 1 is 0.841 bits per heavy atom. The van der Waals surface area contributed by atoms with Gasteiger partial charge >= 0.3 is 0 Å². The van der Waals surface area contributed by atoms with Gasteiger partial charge in [0, 0.05) is 51.8 Å². The highest BCUT2D eigenvalue weighted by atomic mass is 16.5. The summed E-state index contributed by atoms with van der Waals surface area (Å²) in [6, 6.07) is 12.1. The molecule has 0 atom stereocenters. The molecule has 4 aromatic rings. The van der Waals surface area contributed by atoms with Gasteiger partial charge in [-0.3, -0.25) is 14.4 Å². The molecule has 5 N–H and O–H groups in total. The van der Waals surface area contributed by atoms with E-state index in [2.05, 4.69) is 25.8 Å². The predicted molar refractivity (Wildman–Crippen MR) is 171 cm³/mol. The molecule has 1 aromatic carbocycles. The number of aliphatic imine (C=N–C) groups is 1. The molecule has 4 rings (SSSR count). The molecule has 44 heavy (non-hydrogen) atoms. The molecule has 0 fully saturated rings. The van der Waals surface area contributed by atoms with Crippen molar-refractivity contribution in [2.45, 2.75) is 6.42 Å². The maximum atomic E-state index is 13.1. The van der Waals surface area contributed by atoms with Gasteiger partial charge in [0.25, 0.3) is 17.7 Å². The number of benzene rings is 1. The van der Waals surface area contributed by atoms with Gasteiger partial charge in [-0.1, -0.05) is 12.1 Å². The van der Waals surface area contributed by atoms with Crippen LogP contribution in [0.1, 0.15) is 43.4 Å². The lowest BCUT2D eigenvalue weighted by Crippen LogP contribution is -2.28. The summed E-state index contributed by atoms with van der Waals surface area (Å²) in [6.45, 7) is 1.42. The fourth-order valence-corrected chi connectivity index (χ4v) is 4.62. The minimum absolute atomic E-state index is 0.215. The number of amidine groups is 1. The van der Waals surface area contributed by atoms with E-state index < -0.39 is 0 Å². The Morgan fingerprint density at radius 3 is 2.00 bits per heavy atom. The number of rotatable bonds is 12. The van der Waals surface area contributed by atoms with Crippen molar-refractivity contribution < 1.29 is 19.1 Å². The number of carbonyl (C=O) groups is 3. The highest BCUT2D eigenvalue weighted by Gasteiger charge is 2.18.